The van der Waals surface area contributed by atoms with Crippen LogP contribution >= 0.6 is 0 Å². The first kappa shape index (κ1) is 20.6. The van der Waals surface area contributed by atoms with Crippen LogP contribution in [-0.2, 0) is 22.1 Å². The highest BCUT2D eigenvalue weighted by Crippen LogP contribution is 2.32. The van der Waals surface area contributed by atoms with Crippen LogP contribution < -0.4 is 5.32 Å². The van der Waals surface area contributed by atoms with Crippen molar-refractivity contribution in [2.45, 2.75) is 32.0 Å². The second-order valence-electron chi connectivity index (χ2n) is 7.54. The molecule has 0 fully saturated rings. The zero-order chi connectivity index (χ0) is 22.4. The maximum absolute atomic E-state index is 13.1. The fraction of sp³-hybridized carbons (Fsp3) is 0.227. The highest BCUT2D eigenvalue weighted by molar-refractivity contribution is 6.02. The minimum Gasteiger partial charge on any atom is -0.445 e. The molecule has 0 saturated carbocycles. The predicted octanol–water partition coefficient (Wildman–Crippen LogP) is 4.31. The van der Waals surface area contributed by atoms with Crippen LogP contribution in [0.5, 0.6) is 0 Å². The highest BCUT2D eigenvalue weighted by atomic mass is 19.4. The summed E-state index contributed by atoms with van der Waals surface area (Å²) < 4.78 is 45.9. The summed E-state index contributed by atoms with van der Waals surface area (Å²) >= 11 is 0. The number of anilines is 1. The summed E-state index contributed by atoms with van der Waals surface area (Å²) in [4.78, 5) is 25.4. The van der Waals surface area contributed by atoms with Crippen molar-refractivity contribution >= 4 is 17.7 Å². The van der Waals surface area contributed by atoms with Gasteiger partial charge in [-0.3, -0.25) is 4.79 Å². The van der Waals surface area contributed by atoms with Gasteiger partial charge in [0.05, 0.1) is 22.5 Å². The number of esters is 1. The average Bonchev–Trinajstić information content (AvgIpc) is 3.07. The van der Waals surface area contributed by atoms with Crippen LogP contribution in [0.3, 0.4) is 0 Å². The molecule has 1 unspecified atom stereocenters. The first-order valence-electron chi connectivity index (χ1n) is 9.44. The van der Waals surface area contributed by atoms with Gasteiger partial charge in [0.2, 0.25) is 0 Å². The number of alkyl halides is 3. The Morgan fingerprint density at radius 1 is 1.16 bits per heavy atom. The number of carbonyl (C=O) groups excluding carboxylic acids is 2. The zero-order valence-electron chi connectivity index (χ0n) is 16.7. The molecule has 4 rings (SSSR count). The predicted molar refractivity (Wildman–Crippen MR) is 106 cm³/mol. The third kappa shape index (κ3) is 3.90. The number of benzene rings is 2. The molecule has 0 spiro atoms. The van der Waals surface area contributed by atoms with Crippen molar-refractivity contribution < 1.29 is 27.5 Å². The largest absolute Gasteiger partial charge is 0.445 e. The summed E-state index contributed by atoms with van der Waals surface area (Å²) in [5, 5.41) is 6.86. The van der Waals surface area contributed by atoms with Gasteiger partial charge in [0, 0.05) is 12.5 Å². The zero-order valence-corrected chi connectivity index (χ0v) is 16.7. The summed E-state index contributed by atoms with van der Waals surface area (Å²) in [6.07, 6.45) is -4.35. The van der Waals surface area contributed by atoms with Crippen molar-refractivity contribution in [2.24, 2.45) is 0 Å². The lowest BCUT2D eigenvalue weighted by Crippen LogP contribution is -2.49. The third-order valence-electron chi connectivity index (χ3n) is 5.05. The van der Waals surface area contributed by atoms with E-state index in [0.717, 1.165) is 12.1 Å². The topological polar surface area (TPSA) is 73.2 Å². The SMILES string of the molecule is Cc1cc(NC(=O)C2(C)Cc3ccccc3C(=O)O2)n(-c2cccc(C(F)(F)F)c2)n1. The molecule has 9 heteroatoms. The van der Waals surface area contributed by atoms with Crippen molar-refractivity contribution in [3.63, 3.8) is 0 Å². The van der Waals surface area contributed by atoms with Gasteiger partial charge in [-0.1, -0.05) is 24.3 Å². The monoisotopic (exact) mass is 429 g/mol. The normalized spacial score (nSPS) is 18.3. The van der Waals surface area contributed by atoms with Crippen LogP contribution in [0.2, 0.25) is 0 Å². The molecule has 3 aromatic rings. The fourth-order valence-electron chi connectivity index (χ4n) is 3.51. The first-order chi connectivity index (χ1) is 14.6. The fourth-order valence-corrected chi connectivity index (χ4v) is 3.51. The molecule has 2 aromatic carbocycles. The number of aromatic nitrogens is 2. The number of hydrogen-bond donors (Lipinski definition) is 1. The number of cyclic esters (lactones) is 1. The number of halogens is 3. The van der Waals surface area contributed by atoms with E-state index in [2.05, 4.69) is 10.4 Å². The number of nitrogens with zero attached hydrogens (tertiary/aromatic N) is 2. The molecule has 1 aliphatic rings. The summed E-state index contributed by atoms with van der Waals surface area (Å²) in [6.45, 7) is 3.15. The number of amides is 1. The molecule has 1 N–H and O–H groups in total. The molecule has 1 aromatic heterocycles. The molecule has 0 radical (unpaired) electrons. The molecule has 6 nitrogen and oxygen atoms in total. The van der Waals surface area contributed by atoms with Gasteiger partial charge in [0.1, 0.15) is 5.82 Å². The Morgan fingerprint density at radius 3 is 2.65 bits per heavy atom. The number of ether oxygens (including phenoxy) is 1. The maximum atomic E-state index is 13.1. The number of rotatable bonds is 3. The molecule has 1 atom stereocenters. The molecule has 0 saturated heterocycles. The molecular formula is C22H18F3N3O3. The highest BCUT2D eigenvalue weighted by Gasteiger charge is 2.43. The summed E-state index contributed by atoms with van der Waals surface area (Å²) in [5.41, 5.74) is -0.613. The molecule has 0 bridgehead atoms. The Labute approximate surface area is 175 Å². The van der Waals surface area contributed by atoms with Gasteiger partial charge in [-0.2, -0.15) is 18.3 Å². The van der Waals surface area contributed by atoms with Gasteiger partial charge in [-0.15, -0.1) is 0 Å². The van der Waals surface area contributed by atoms with Crippen LogP contribution in [0.25, 0.3) is 5.69 Å². The lowest BCUT2D eigenvalue weighted by Gasteiger charge is -2.33. The van der Waals surface area contributed by atoms with E-state index in [1.165, 1.54) is 29.8 Å². The number of hydrogen-bond acceptors (Lipinski definition) is 4. The molecule has 1 amide bonds. The molecule has 0 aliphatic carbocycles. The minimum atomic E-state index is -4.52. The van der Waals surface area contributed by atoms with E-state index >= 15 is 0 Å². The molecule has 31 heavy (non-hydrogen) atoms. The van der Waals surface area contributed by atoms with Gasteiger partial charge in [0.25, 0.3) is 5.91 Å². The van der Waals surface area contributed by atoms with E-state index in [0.29, 0.717) is 16.8 Å². The van der Waals surface area contributed by atoms with Crippen LogP contribution in [0.15, 0.2) is 54.6 Å². The number of fused-ring (bicyclic) bond motifs is 1. The number of aryl methyl sites for hydroxylation is 1. The first-order valence-corrected chi connectivity index (χ1v) is 9.44. The van der Waals surface area contributed by atoms with Crippen LogP contribution in [-0.4, -0.2) is 27.3 Å². The van der Waals surface area contributed by atoms with Crippen LogP contribution in [0.4, 0.5) is 19.0 Å². The van der Waals surface area contributed by atoms with E-state index in [1.807, 2.05) is 0 Å². The maximum Gasteiger partial charge on any atom is 0.416 e. The van der Waals surface area contributed by atoms with Crippen LogP contribution in [0, 0.1) is 6.92 Å². The van der Waals surface area contributed by atoms with Crippen LogP contribution in [0.1, 0.15) is 34.1 Å². The van der Waals surface area contributed by atoms with Crippen molar-refractivity contribution in [1.29, 1.82) is 0 Å². The second-order valence-corrected chi connectivity index (χ2v) is 7.54. The third-order valence-corrected chi connectivity index (χ3v) is 5.05. The van der Waals surface area contributed by atoms with E-state index in [4.69, 9.17) is 4.74 Å². The molecular weight excluding hydrogens is 411 g/mol. The Hall–Kier alpha value is -3.62. The van der Waals surface area contributed by atoms with E-state index < -0.39 is 29.2 Å². The van der Waals surface area contributed by atoms with Gasteiger partial charge in [-0.05, 0) is 43.7 Å². The van der Waals surface area contributed by atoms with Gasteiger partial charge in [0.15, 0.2) is 5.60 Å². The summed E-state index contributed by atoms with van der Waals surface area (Å²) in [6, 6.07) is 13.0. The Balaban J connectivity index is 1.64. The second kappa shape index (κ2) is 7.26. The minimum absolute atomic E-state index is 0.134. The van der Waals surface area contributed by atoms with Crippen molar-refractivity contribution in [3.05, 3.63) is 77.0 Å². The van der Waals surface area contributed by atoms with Gasteiger partial charge >= 0.3 is 12.1 Å². The lowest BCUT2D eigenvalue weighted by atomic mass is 9.89. The standard InChI is InChI=1S/C22H18F3N3O3/c1-13-10-18(28(27-13)16-8-5-7-15(11-16)22(23,24)25)26-20(30)21(2)12-14-6-3-4-9-17(14)19(29)31-21/h3-11H,12H2,1-2H3,(H,26,30). The summed E-state index contributed by atoms with van der Waals surface area (Å²) in [7, 11) is 0. The summed E-state index contributed by atoms with van der Waals surface area (Å²) in [5.74, 6) is -1.05. The molecule has 2 heterocycles. The Kier molecular flexibility index (Phi) is 4.83. The van der Waals surface area contributed by atoms with Crippen molar-refractivity contribution in [1.82, 2.24) is 9.78 Å². The van der Waals surface area contributed by atoms with Gasteiger partial charge in [-0.25, -0.2) is 9.48 Å². The molecule has 160 valence electrons. The van der Waals surface area contributed by atoms with E-state index in [1.54, 1.807) is 31.2 Å². The smallest absolute Gasteiger partial charge is 0.416 e. The number of carbonyl (C=O) groups is 2. The van der Waals surface area contributed by atoms with E-state index in [-0.39, 0.29) is 17.9 Å². The Morgan fingerprint density at radius 2 is 1.90 bits per heavy atom. The van der Waals surface area contributed by atoms with Crippen molar-refractivity contribution in [3.8, 4) is 5.69 Å². The molecule has 1 aliphatic heterocycles. The lowest BCUT2D eigenvalue weighted by molar-refractivity contribution is -0.137. The number of nitrogens with one attached hydrogen (secondary N) is 1. The quantitative estimate of drug-likeness (QED) is 0.630. The average molecular weight is 429 g/mol. The van der Waals surface area contributed by atoms with E-state index in [9.17, 15) is 22.8 Å². The van der Waals surface area contributed by atoms with Gasteiger partial charge < -0.3 is 10.1 Å². The Bertz CT molecular complexity index is 1190. The van der Waals surface area contributed by atoms with Crippen molar-refractivity contribution in [2.75, 3.05) is 5.32 Å².